The Morgan fingerprint density at radius 2 is 1.78 bits per heavy atom. The van der Waals surface area contributed by atoms with Crippen molar-refractivity contribution in [1.82, 2.24) is 10.2 Å². The van der Waals surface area contributed by atoms with Gasteiger partial charge in [-0.3, -0.25) is 4.79 Å². The highest BCUT2D eigenvalue weighted by molar-refractivity contribution is 5.85. The summed E-state index contributed by atoms with van der Waals surface area (Å²) in [7, 11) is 1.64. The molecule has 1 aromatic carbocycles. The van der Waals surface area contributed by atoms with Gasteiger partial charge < -0.3 is 19.7 Å². The van der Waals surface area contributed by atoms with Crippen molar-refractivity contribution in [3.63, 3.8) is 0 Å². The number of fused-ring (bicyclic) bond motifs is 2. The highest BCUT2D eigenvalue weighted by atomic mass is 35.5. The van der Waals surface area contributed by atoms with Crippen LogP contribution in [-0.2, 0) is 9.53 Å². The topological polar surface area (TPSA) is 50.8 Å². The first-order chi connectivity index (χ1) is 12.6. The van der Waals surface area contributed by atoms with Gasteiger partial charge in [0, 0.05) is 32.2 Å². The zero-order valence-electron chi connectivity index (χ0n) is 15.9. The molecule has 2 unspecified atom stereocenters. The van der Waals surface area contributed by atoms with Crippen LogP contribution in [0, 0.1) is 11.7 Å². The van der Waals surface area contributed by atoms with Crippen LogP contribution in [0.4, 0.5) is 4.39 Å². The first-order valence-corrected chi connectivity index (χ1v) is 9.55. The van der Waals surface area contributed by atoms with Crippen molar-refractivity contribution in [3.8, 4) is 5.75 Å². The van der Waals surface area contributed by atoms with E-state index in [1.54, 1.807) is 19.2 Å². The normalized spacial score (nSPS) is 23.6. The maximum atomic E-state index is 12.9. The molecule has 3 rings (SSSR count). The van der Waals surface area contributed by atoms with Gasteiger partial charge in [-0.2, -0.15) is 0 Å². The Kier molecular flexibility index (Phi) is 8.80. The number of carbonyl (C=O) groups is 1. The van der Waals surface area contributed by atoms with E-state index in [0.29, 0.717) is 56.5 Å². The van der Waals surface area contributed by atoms with E-state index in [1.165, 1.54) is 25.0 Å². The lowest BCUT2D eigenvalue weighted by atomic mass is 9.89. The lowest BCUT2D eigenvalue weighted by molar-refractivity contribution is -0.133. The van der Waals surface area contributed by atoms with Crippen molar-refractivity contribution in [3.05, 3.63) is 30.1 Å². The molecule has 1 aromatic rings. The number of halogens is 2. The third-order valence-corrected chi connectivity index (χ3v) is 5.40. The molecule has 2 saturated heterocycles. The molecule has 2 bridgehead atoms. The number of ether oxygens (including phenoxy) is 2. The van der Waals surface area contributed by atoms with Crippen molar-refractivity contribution in [2.75, 3.05) is 33.4 Å². The van der Waals surface area contributed by atoms with Crippen molar-refractivity contribution in [2.45, 2.75) is 44.2 Å². The van der Waals surface area contributed by atoms with E-state index in [4.69, 9.17) is 9.47 Å². The summed E-state index contributed by atoms with van der Waals surface area (Å²) < 4.78 is 23.7. The average molecular weight is 401 g/mol. The Morgan fingerprint density at radius 3 is 2.41 bits per heavy atom. The lowest BCUT2D eigenvalue weighted by Gasteiger charge is -2.31. The Labute approximate surface area is 167 Å². The molecule has 2 atom stereocenters. The number of rotatable bonds is 9. The Bertz CT molecular complexity index is 575. The summed E-state index contributed by atoms with van der Waals surface area (Å²) >= 11 is 0. The molecule has 0 saturated carbocycles. The van der Waals surface area contributed by atoms with Gasteiger partial charge in [0.15, 0.2) is 0 Å². The predicted octanol–water partition coefficient (Wildman–Crippen LogP) is 3.02. The summed E-state index contributed by atoms with van der Waals surface area (Å²) in [6.07, 6.45) is 5.30. The zero-order valence-corrected chi connectivity index (χ0v) is 16.7. The first-order valence-electron chi connectivity index (χ1n) is 9.55. The Hall–Kier alpha value is -1.37. The number of carbonyl (C=O) groups excluding carboxylic acids is 1. The summed E-state index contributed by atoms with van der Waals surface area (Å²) in [6, 6.07) is 7.13. The SMILES string of the molecule is COCCN(CCOc1ccc(F)cc1)C(=O)CC1CC2CCC(C1)N2.Cl. The number of hydrogen-bond acceptors (Lipinski definition) is 4. The molecule has 5 nitrogen and oxygen atoms in total. The summed E-state index contributed by atoms with van der Waals surface area (Å²) in [5.41, 5.74) is 0. The van der Waals surface area contributed by atoms with Gasteiger partial charge in [-0.1, -0.05) is 0 Å². The van der Waals surface area contributed by atoms with Crippen LogP contribution in [0.25, 0.3) is 0 Å². The fourth-order valence-electron chi connectivity index (χ4n) is 4.09. The standard InChI is InChI=1S/C20H29FN2O3.ClH/c1-25-10-8-23(9-11-26-19-6-2-16(21)3-7-19)20(24)14-15-12-17-4-5-18(13-15)22-17;/h2-3,6-7,15,17-18,22H,4-5,8-14H2,1H3;1H. The summed E-state index contributed by atoms with van der Waals surface area (Å²) in [6.45, 7) is 1.98. The highest BCUT2D eigenvalue weighted by Crippen LogP contribution is 2.32. The number of methoxy groups -OCH3 is 1. The molecule has 27 heavy (non-hydrogen) atoms. The molecule has 2 fully saturated rings. The van der Waals surface area contributed by atoms with Crippen LogP contribution in [-0.4, -0.2) is 56.3 Å². The Morgan fingerprint density at radius 1 is 1.15 bits per heavy atom. The summed E-state index contributed by atoms with van der Waals surface area (Å²) in [5.74, 6) is 0.978. The molecular formula is C20H30ClFN2O3. The third-order valence-electron chi connectivity index (χ3n) is 5.40. The molecular weight excluding hydrogens is 371 g/mol. The van der Waals surface area contributed by atoms with Gasteiger partial charge in [0.2, 0.25) is 5.91 Å². The van der Waals surface area contributed by atoms with Crippen LogP contribution in [0.15, 0.2) is 24.3 Å². The number of nitrogens with one attached hydrogen (secondary N) is 1. The molecule has 0 spiro atoms. The van der Waals surface area contributed by atoms with E-state index in [0.717, 1.165) is 12.8 Å². The number of amides is 1. The molecule has 2 aliphatic rings. The van der Waals surface area contributed by atoms with Crippen LogP contribution in [0.1, 0.15) is 32.1 Å². The minimum atomic E-state index is -0.287. The predicted molar refractivity (Wildman–Crippen MR) is 105 cm³/mol. The van der Waals surface area contributed by atoms with Gasteiger partial charge in [-0.05, 0) is 55.9 Å². The van der Waals surface area contributed by atoms with Crippen LogP contribution in [0.5, 0.6) is 5.75 Å². The smallest absolute Gasteiger partial charge is 0.223 e. The van der Waals surface area contributed by atoms with Crippen LogP contribution >= 0.6 is 12.4 Å². The number of hydrogen-bond donors (Lipinski definition) is 1. The molecule has 1 amide bonds. The molecule has 1 N–H and O–H groups in total. The minimum absolute atomic E-state index is 0. The second-order valence-electron chi connectivity index (χ2n) is 7.36. The van der Waals surface area contributed by atoms with Crippen molar-refractivity contribution < 1.29 is 18.7 Å². The number of benzene rings is 1. The van der Waals surface area contributed by atoms with Gasteiger partial charge in [-0.25, -0.2) is 4.39 Å². The van der Waals surface area contributed by atoms with Crippen molar-refractivity contribution in [1.29, 1.82) is 0 Å². The first kappa shape index (κ1) is 21.9. The third kappa shape index (κ3) is 6.63. The van der Waals surface area contributed by atoms with E-state index in [-0.39, 0.29) is 24.1 Å². The molecule has 0 radical (unpaired) electrons. The van der Waals surface area contributed by atoms with E-state index in [1.807, 2.05) is 4.90 Å². The van der Waals surface area contributed by atoms with Crippen LogP contribution in [0.3, 0.4) is 0 Å². The van der Waals surface area contributed by atoms with Gasteiger partial charge in [0.25, 0.3) is 0 Å². The molecule has 7 heteroatoms. The molecule has 0 aromatic heterocycles. The van der Waals surface area contributed by atoms with E-state index in [9.17, 15) is 9.18 Å². The second-order valence-corrected chi connectivity index (χ2v) is 7.36. The fraction of sp³-hybridized carbons (Fsp3) is 0.650. The maximum absolute atomic E-state index is 12.9. The van der Waals surface area contributed by atoms with Crippen molar-refractivity contribution in [2.24, 2.45) is 5.92 Å². The summed E-state index contributed by atoms with van der Waals surface area (Å²) in [5, 5.41) is 3.62. The quantitative estimate of drug-likeness (QED) is 0.692. The lowest BCUT2D eigenvalue weighted by Crippen LogP contribution is -2.42. The molecule has 2 heterocycles. The van der Waals surface area contributed by atoms with Crippen LogP contribution in [0.2, 0.25) is 0 Å². The largest absolute Gasteiger partial charge is 0.492 e. The highest BCUT2D eigenvalue weighted by Gasteiger charge is 2.34. The average Bonchev–Trinajstić information content (AvgIpc) is 2.97. The van der Waals surface area contributed by atoms with Crippen LogP contribution < -0.4 is 10.1 Å². The monoisotopic (exact) mass is 400 g/mol. The van der Waals surface area contributed by atoms with Gasteiger partial charge in [0.1, 0.15) is 18.2 Å². The fourth-order valence-corrected chi connectivity index (χ4v) is 4.09. The molecule has 152 valence electrons. The molecule has 0 aliphatic carbocycles. The number of nitrogens with zero attached hydrogens (tertiary/aromatic N) is 1. The van der Waals surface area contributed by atoms with Gasteiger partial charge in [0.05, 0.1) is 13.2 Å². The number of piperidine rings is 1. The second kappa shape index (κ2) is 10.8. The van der Waals surface area contributed by atoms with E-state index >= 15 is 0 Å². The van der Waals surface area contributed by atoms with Gasteiger partial charge in [-0.15, -0.1) is 12.4 Å². The maximum Gasteiger partial charge on any atom is 0.223 e. The Balaban J connectivity index is 0.00000261. The molecule has 2 aliphatic heterocycles. The van der Waals surface area contributed by atoms with E-state index < -0.39 is 0 Å². The van der Waals surface area contributed by atoms with Gasteiger partial charge >= 0.3 is 0 Å². The minimum Gasteiger partial charge on any atom is -0.492 e. The van der Waals surface area contributed by atoms with Crippen molar-refractivity contribution >= 4 is 18.3 Å². The van der Waals surface area contributed by atoms with E-state index in [2.05, 4.69) is 5.32 Å². The zero-order chi connectivity index (χ0) is 18.4. The summed E-state index contributed by atoms with van der Waals surface area (Å²) in [4.78, 5) is 14.6.